The van der Waals surface area contributed by atoms with Gasteiger partial charge in [0.25, 0.3) is 0 Å². The van der Waals surface area contributed by atoms with Crippen LogP contribution in [0.25, 0.3) is 33.8 Å². The summed E-state index contributed by atoms with van der Waals surface area (Å²) in [7, 11) is -4.94. The lowest BCUT2D eigenvalue weighted by molar-refractivity contribution is -2.00. The zero-order chi connectivity index (χ0) is 23.6. The van der Waals surface area contributed by atoms with Crippen molar-refractivity contribution in [3.8, 4) is 33.8 Å². The van der Waals surface area contributed by atoms with Gasteiger partial charge in [-0.3, -0.25) is 0 Å². The molecule has 1 heterocycles. The maximum absolute atomic E-state index is 8.49. The van der Waals surface area contributed by atoms with Gasteiger partial charge in [-0.05, 0) is 61.1 Å². The van der Waals surface area contributed by atoms with E-state index in [0.29, 0.717) is 0 Å². The van der Waals surface area contributed by atoms with Crippen LogP contribution in [0, 0.1) is 24.1 Å². The Kier molecular flexibility index (Phi) is 6.61. The molecule has 0 spiro atoms. The fraction of sp³-hybridized carbons (Fsp3) is 0.148. The summed E-state index contributed by atoms with van der Waals surface area (Å²) in [5, 5.41) is 0. The largest absolute Gasteiger partial charge is 0.365 e. The Morgan fingerprint density at radius 1 is 0.667 bits per heavy atom. The summed E-state index contributed by atoms with van der Waals surface area (Å²) in [6, 6.07) is 27.8. The van der Waals surface area contributed by atoms with Crippen LogP contribution in [0.1, 0.15) is 22.3 Å². The summed E-state index contributed by atoms with van der Waals surface area (Å²) in [5.41, 5.74) is 10.3. The minimum absolute atomic E-state index is 0.923. The summed E-state index contributed by atoms with van der Waals surface area (Å²) in [4.78, 5) is 0. The Morgan fingerprint density at radius 3 is 1.79 bits per heavy atom. The van der Waals surface area contributed by atoms with E-state index in [1.54, 1.807) is 0 Å². The number of hydrogen-bond donors (Lipinski definition) is 0. The topological polar surface area (TPSA) is 104 Å². The average molecular weight is 463 g/mol. The highest BCUT2D eigenvalue weighted by atomic mass is 35.7. The molecule has 4 aromatic rings. The molecule has 5 nitrogen and oxygen atoms in total. The van der Waals surface area contributed by atoms with E-state index in [1.807, 2.05) is 6.07 Å². The second-order valence-corrected chi connectivity index (χ2v) is 8.75. The molecule has 168 valence electrons. The first kappa shape index (κ1) is 23.1. The van der Waals surface area contributed by atoms with E-state index in [2.05, 4.69) is 86.6 Å². The Hall–Kier alpha value is -3.06. The third kappa shape index (κ3) is 5.30. The molecule has 1 aromatic heterocycles. The third-order valence-electron chi connectivity index (χ3n) is 5.84. The molecule has 0 unspecified atom stereocenters. The molecule has 0 radical (unpaired) electrons. The number of rotatable bonds is 2. The molecule has 1 aliphatic rings. The lowest BCUT2D eigenvalue weighted by atomic mass is 9.82. The molecule has 0 saturated carbocycles. The summed E-state index contributed by atoms with van der Waals surface area (Å²) >= 11 is 0. The molecule has 3 aromatic carbocycles. The number of benzene rings is 3. The van der Waals surface area contributed by atoms with Crippen molar-refractivity contribution in [1.29, 1.82) is 0 Å². The maximum Gasteiger partial charge on any atom is 0.365 e. The van der Waals surface area contributed by atoms with E-state index >= 15 is 0 Å². The Morgan fingerprint density at radius 2 is 1.18 bits per heavy atom. The smallest absolute Gasteiger partial charge is 0.222 e. The first-order chi connectivity index (χ1) is 15.7. The Labute approximate surface area is 195 Å². The van der Waals surface area contributed by atoms with E-state index < -0.39 is 10.2 Å². The number of hydrogen-bond acceptors (Lipinski definition) is 4. The van der Waals surface area contributed by atoms with Gasteiger partial charge in [0, 0.05) is 5.56 Å². The van der Waals surface area contributed by atoms with Crippen molar-refractivity contribution in [2.45, 2.75) is 26.7 Å². The van der Waals surface area contributed by atoms with Crippen LogP contribution in [0.3, 0.4) is 0 Å². The second kappa shape index (κ2) is 9.43. The monoisotopic (exact) mass is 462 g/mol. The second-order valence-electron chi connectivity index (χ2n) is 7.99. The first-order valence-corrected chi connectivity index (χ1v) is 11.8. The fourth-order valence-electron chi connectivity index (χ4n) is 4.37. The van der Waals surface area contributed by atoms with Gasteiger partial charge in [0.05, 0.1) is 22.8 Å². The van der Waals surface area contributed by atoms with Gasteiger partial charge in [-0.1, -0.05) is 60.7 Å². The van der Waals surface area contributed by atoms with Crippen LogP contribution in [0.5, 0.6) is 0 Å². The van der Waals surface area contributed by atoms with Crippen LogP contribution in [0.4, 0.5) is 0 Å². The van der Waals surface area contributed by atoms with Gasteiger partial charge < -0.3 is 0 Å². The number of fused-ring (bicyclic) bond motifs is 3. The average Bonchev–Trinajstić information content (AvgIpc) is 2.80. The van der Waals surface area contributed by atoms with Crippen molar-refractivity contribution in [1.82, 2.24) is 0 Å². The van der Waals surface area contributed by atoms with Crippen molar-refractivity contribution < 1.29 is 33.3 Å². The normalized spacial score (nSPS) is 12.3. The van der Waals surface area contributed by atoms with Crippen molar-refractivity contribution in [3.63, 3.8) is 0 Å². The molecule has 6 heteroatoms. The van der Waals surface area contributed by atoms with E-state index in [4.69, 9.17) is 23.1 Å². The molecule has 0 amide bonds. The summed E-state index contributed by atoms with van der Waals surface area (Å²) < 4.78 is 40.6. The predicted molar refractivity (Wildman–Crippen MR) is 116 cm³/mol. The SMILES string of the molecule is Cc1ccc(C)c2c1CCc1c(-c3ccccc3)cc(-c3ccccc3)[o+]c1-2.[O-][Cl+3]([O-])([O-])[O-]. The van der Waals surface area contributed by atoms with Gasteiger partial charge in [-0.25, -0.2) is 23.1 Å². The number of aryl methyl sites for hydroxylation is 2. The van der Waals surface area contributed by atoms with Gasteiger partial charge >= 0.3 is 11.5 Å². The minimum Gasteiger partial charge on any atom is -0.222 e. The van der Waals surface area contributed by atoms with E-state index in [1.165, 1.54) is 38.9 Å². The lowest BCUT2D eigenvalue weighted by Crippen LogP contribution is -2.68. The molecule has 5 rings (SSSR count). The molecule has 0 atom stereocenters. The van der Waals surface area contributed by atoms with Crippen LogP contribution in [-0.2, 0) is 12.8 Å². The fourth-order valence-corrected chi connectivity index (χ4v) is 4.37. The molecule has 0 N–H and O–H groups in total. The van der Waals surface area contributed by atoms with Gasteiger partial charge in [0.1, 0.15) is 0 Å². The van der Waals surface area contributed by atoms with Crippen molar-refractivity contribution >= 4 is 0 Å². The maximum atomic E-state index is 8.49. The highest BCUT2D eigenvalue weighted by molar-refractivity contribution is 5.83. The first-order valence-electron chi connectivity index (χ1n) is 10.5. The summed E-state index contributed by atoms with van der Waals surface area (Å²) in [6.07, 6.45) is 2.07. The Bertz CT molecular complexity index is 1260. The molecule has 0 aliphatic heterocycles. The summed E-state index contributed by atoms with van der Waals surface area (Å²) in [6.45, 7) is 4.41. The van der Waals surface area contributed by atoms with Crippen molar-refractivity contribution in [2.24, 2.45) is 0 Å². The summed E-state index contributed by atoms with van der Waals surface area (Å²) in [5.74, 6) is 1.97. The van der Waals surface area contributed by atoms with E-state index in [0.717, 1.165) is 29.9 Å². The molecular formula is C27H23ClO5. The highest BCUT2D eigenvalue weighted by Gasteiger charge is 2.33. The highest BCUT2D eigenvalue weighted by Crippen LogP contribution is 2.44. The zero-order valence-electron chi connectivity index (χ0n) is 18.3. The minimum atomic E-state index is -4.94. The number of halogens is 1. The molecule has 33 heavy (non-hydrogen) atoms. The standard InChI is InChI=1S/C27H23O.ClHO4/c1-18-13-14-19(2)26-22(18)15-16-23-24(20-9-5-3-6-10-20)17-25(28-27(23)26)21-11-7-4-8-12-21;2-1(3,4)5/h3-14,17H,15-16H2,1-2H3;(H,2,3,4,5)/q+1;/p-1. The lowest BCUT2D eigenvalue weighted by Gasteiger charge is -2.19. The van der Waals surface area contributed by atoms with E-state index in [9.17, 15) is 0 Å². The van der Waals surface area contributed by atoms with Crippen LogP contribution in [-0.4, -0.2) is 0 Å². The van der Waals surface area contributed by atoms with Crippen molar-refractivity contribution in [2.75, 3.05) is 0 Å². The van der Waals surface area contributed by atoms with Crippen LogP contribution in [0.15, 0.2) is 83.3 Å². The molecule has 0 saturated heterocycles. The van der Waals surface area contributed by atoms with Gasteiger partial charge in [-0.15, -0.1) is 10.2 Å². The van der Waals surface area contributed by atoms with Crippen LogP contribution < -0.4 is 18.6 Å². The van der Waals surface area contributed by atoms with Crippen LogP contribution >= 0.6 is 0 Å². The predicted octanol–water partition coefficient (Wildman–Crippen LogP) is 2.52. The molecule has 0 fully saturated rings. The molecular weight excluding hydrogens is 440 g/mol. The Balaban J connectivity index is 0.000000471. The van der Waals surface area contributed by atoms with Gasteiger partial charge in [0.15, 0.2) is 0 Å². The van der Waals surface area contributed by atoms with Crippen molar-refractivity contribution in [3.05, 3.63) is 101 Å². The third-order valence-corrected chi connectivity index (χ3v) is 5.84. The van der Waals surface area contributed by atoms with Gasteiger partial charge in [0.2, 0.25) is 0 Å². The molecule has 1 aliphatic carbocycles. The van der Waals surface area contributed by atoms with Gasteiger partial charge in [-0.2, -0.15) is 0 Å². The van der Waals surface area contributed by atoms with E-state index in [-0.39, 0.29) is 0 Å². The molecule has 0 bridgehead atoms. The van der Waals surface area contributed by atoms with Crippen LogP contribution in [0.2, 0.25) is 0 Å². The zero-order valence-corrected chi connectivity index (χ0v) is 19.1. The quantitative estimate of drug-likeness (QED) is 0.426.